The number of phosphoric ester groups is 1. The zero-order valence-electron chi connectivity index (χ0n) is 9.55. The van der Waals surface area contributed by atoms with Crippen LogP contribution >= 0.6 is 7.82 Å². The summed E-state index contributed by atoms with van der Waals surface area (Å²) in [4.78, 5) is 20.5. The molecule has 0 unspecified atom stereocenters. The monoisotopic (exact) mass is 288 g/mol. The molecule has 0 amide bonds. The van der Waals surface area contributed by atoms with Crippen LogP contribution in [0.2, 0.25) is 0 Å². The van der Waals surface area contributed by atoms with Gasteiger partial charge in [-0.2, -0.15) is 0 Å². The molecule has 0 aromatic carbocycles. The second kappa shape index (κ2) is 8.99. The first-order valence-corrected chi connectivity index (χ1v) is 5.62. The van der Waals surface area contributed by atoms with Crippen molar-refractivity contribution in [1.29, 1.82) is 0 Å². The van der Waals surface area contributed by atoms with E-state index in [0.717, 1.165) is 0 Å². The molecule has 11 heteroatoms. The third-order valence-corrected chi connectivity index (χ3v) is 2.41. The van der Waals surface area contributed by atoms with E-state index in [-0.39, 0.29) is 65.5 Å². The van der Waals surface area contributed by atoms with E-state index in [1.807, 2.05) is 0 Å². The molecule has 1 rings (SSSR count). The number of hydrogen-bond donors (Lipinski definition) is 3. The molecule has 0 aromatic heterocycles. The summed E-state index contributed by atoms with van der Waals surface area (Å²) in [6.07, 6.45) is -5.56. The van der Waals surface area contributed by atoms with Gasteiger partial charge in [-0.3, -0.25) is 0 Å². The molecule has 90 valence electrons. The molecule has 0 bridgehead atoms. The standard InChI is InChI=1S/C6H13O8P.2Na/c7-2-5-3(8)1-4(9)6(13-5)14-15(10,11)12;;/h3-9H,1-2H2,(H2,10,11,12);;/q;2*+1/p-2/t3-,4-,5-,6-;;/m1../s1. The summed E-state index contributed by atoms with van der Waals surface area (Å²) in [5.74, 6) is 0. The molecule has 0 radical (unpaired) electrons. The fraction of sp³-hybridized carbons (Fsp3) is 1.00. The van der Waals surface area contributed by atoms with Gasteiger partial charge in [-0.1, -0.05) is 0 Å². The Balaban J connectivity index is 0. The van der Waals surface area contributed by atoms with Crippen LogP contribution in [0.3, 0.4) is 0 Å². The molecule has 1 aliphatic rings. The van der Waals surface area contributed by atoms with E-state index in [9.17, 15) is 24.6 Å². The SMILES string of the molecule is O=P([O-])([O-])O[C@H]1O[C@H](CO)[C@H](O)C[C@H]1O.[Na+].[Na+]. The van der Waals surface area contributed by atoms with E-state index in [1.54, 1.807) is 0 Å². The number of aliphatic hydroxyl groups excluding tert-OH is 3. The van der Waals surface area contributed by atoms with E-state index in [2.05, 4.69) is 4.52 Å². The molecule has 3 N–H and O–H groups in total. The molecule has 4 atom stereocenters. The fourth-order valence-corrected chi connectivity index (χ4v) is 1.70. The normalized spacial score (nSPS) is 33.5. The molecule has 0 spiro atoms. The van der Waals surface area contributed by atoms with Crippen LogP contribution in [0.4, 0.5) is 0 Å². The van der Waals surface area contributed by atoms with Crippen molar-refractivity contribution in [3.8, 4) is 0 Å². The molecule has 0 aliphatic carbocycles. The second-order valence-electron chi connectivity index (χ2n) is 3.15. The van der Waals surface area contributed by atoms with Gasteiger partial charge in [0.25, 0.3) is 0 Å². The summed E-state index contributed by atoms with van der Waals surface area (Å²) in [6, 6.07) is 0. The van der Waals surface area contributed by atoms with Gasteiger partial charge in [0.2, 0.25) is 0 Å². The minimum absolute atomic E-state index is 0. The topological polar surface area (TPSA) is 142 Å². The van der Waals surface area contributed by atoms with Gasteiger partial charge >= 0.3 is 59.1 Å². The summed E-state index contributed by atoms with van der Waals surface area (Å²) in [6.45, 7) is -0.574. The number of rotatable bonds is 3. The molecular weight excluding hydrogens is 277 g/mol. The van der Waals surface area contributed by atoms with E-state index < -0.39 is 39.0 Å². The van der Waals surface area contributed by atoms with Gasteiger partial charge in [0, 0.05) is 6.42 Å². The zero-order chi connectivity index (χ0) is 11.6. The van der Waals surface area contributed by atoms with Crippen molar-refractivity contribution in [2.45, 2.75) is 31.0 Å². The molecule has 1 aliphatic heterocycles. The molecule has 17 heavy (non-hydrogen) atoms. The van der Waals surface area contributed by atoms with Crippen molar-refractivity contribution in [2.75, 3.05) is 6.61 Å². The maximum absolute atomic E-state index is 10.3. The molecular formula is C6H11Na2O8P. The second-order valence-corrected chi connectivity index (χ2v) is 4.25. The van der Waals surface area contributed by atoms with Gasteiger partial charge in [0.15, 0.2) is 6.29 Å². The Morgan fingerprint density at radius 3 is 2.24 bits per heavy atom. The van der Waals surface area contributed by atoms with Gasteiger partial charge in [-0.15, -0.1) is 0 Å². The summed E-state index contributed by atoms with van der Waals surface area (Å²) in [7, 11) is -5.28. The van der Waals surface area contributed by atoms with Gasteiger partial charge in [-0.05, 0) is 0 Å². The maximum atomic E-state index is 10.3. The largest absolute Gasteiger partial charge is 1.00 e. The first-order chi connectivity index (χ1) is 6.83. The average Bonchev–Trinajstić information content (AvgIpc) is 2.07. The Hall–Kier alpha value is 1.95. The fourth-order valence-electron chi connectivity index (χ4n) is 1.25. The summed E-state index contributed by atoms with van der Waals surface area (Å²) in [5, 5.41) is 27.2. The van der Waals surface area contributed by atoms with Crippen LogP contribution in [0.15, 0.2) is 0 Å². The Morgan fingerprint density at radius 1 is 1.29 bits per heavy atom. The molecule has 0 aromatic rings. The van der Waals surface area contributed by atoms with Crippen molar-refractivity contribution in [1.82, 2.24) is 0 Å². The van der Waals surface area contributed by atoms with Crippen molar-refractivity contribution < 1.29 is 98.0 Å². The van der Waals surface area contributed by atoms with Crippen LogP contribution in [0.5, 0.6) is 0 Å². The Labute approximate surface area is 142 Å². The first-order valence-electron chi connectivity index (χ1n) is 4.16. The first kappa shape index (κ1) is 21.3. The van der Waals surface area contributed by atoms with Crippen LogP contribution in [0.25, 0.3) is 0 Å². The summed E-state index contributed by atoms with van der Waals surface area (Å²) >= 11 is 0. The van der Waals surface area contributed by atoms with Crippen molar-refractivity contribution in [3.63, 3.8) is 0 Å². The number of aliphatic hydroxyl groups is 3. The van der Waals surface area contributed by atoms with E-state index in [4.69, 9.17) is 9.84 Å². The smallest absolute Gasteiger partial charge is 0.790 e. The Kier molecular flexibility index (Phi) is 11.2. The molecule has 8 nitrogen and oxygen atoms in total. The summed E-state index contributed by atoms with van der Waals surface area (Å²) in [5.41, 5.74) is 0. The predicted molar refractivity (Wildman–Crippen MR) is 41.1 cm³/mol. The molecule has 1 saturated heterocycles. The zero-order valence-corrected chi connectivity index (χ0v) is 14.4. The minimum atomic E-state index is -5.28. The third-order valence-electron chi connectivity index (χ3n) is 1.95. The van der Waals surface area contributed by atoms with Gasteiger partial charge in [0.1, 0.15) is 12.2 Å². The van der Waals surface area contributed by atoms with Gasteiger partial charge < -0.3 is 38.9 Å². The minimum Gasteiger partial charge on any atom is -0.790 e. The Morgan fingerprint density at radius 2 is 1.82 bits per heavy atom. The van der Waals surface area contributed by atoms with Crippen LogP contribution in [-0.2, 0) is 13.8 Å². The van der Waals surface area contributed by atoms with Gasteiger partial charge in [-0.25, -0.2) is 0 Å². The van der Waals surface area contributed by atoms with E-state index in [1.165, 1.54) is 0 Å². The van der Waals surface area contributed by atoms with Crippen LogP contribution in [-0.4, -0.2) is 46.5 Å². The van der Waals surface area contributed by atoms with E-state index in [0.29, 0.717) is 0 Å². The number of phosphoric acid groups is 1. The number of hydrogen-bond acceptors (Lipinski definition) is 8. The van der Waals surface area contributed by atoms with Crippen molar-refractivity contribution >= 4 is 7.82 Å². The Bertz CT molecular complexity index is 260. The number of ether oxygens (including phenoxy) is 1. The van der Waals surface area contributed by atoms with Crippen LogP contribution < -0.4 is 68.9 Å². The summed E-state index contributed by atoms with van der Waals surface area (Å²) < 4.78 is 18.9. The van der Waals surface area contributed by atoms with Crippen LogP contribution in [0.1, 0.15) is 6.42 Å². The average molecular weight is 288 g/mol. The van der Waals surface area contributed by atoms with Crippen molar-refractivity contribution in [2.24, 2.45) is 0 Å². The van der Waals surface area contributed by atoms with Crippen molar-refractivity contribution in [3.05, 3.63) is 0 Å². The predicted octanol–water partition coefficient (Wildman–Crippen LogP) is -9.33. The maximum Gasteiger partial charge on any atom is 1.00 e. The van der Waals surface area contributed by atoms with Crippen LogP contribution in [0, 0.1) is 0 Å². The molecule has 1 heterocycles. The third kappa shape index (κ3) is 7.34. The molecule has 1 fully saturated rings. The van der Waals surface area contributed by atoms with E-state index >= 15 is 0 Å². The quantitative estimate of drug-likeness (QED) is 0.343. The molecule has 0 saturated carbocycles. The van der Waals surface area contributed by atoms with Gasteiger partial charge in [0.05, 0.1) is 20.5 Å².